The molecule has 0 aliphatic carbocycles. The van der Waals surface area contributed by atoms with Gasteiger partial charge in [-0.15, -0.1) is 0 Å². The van der Waals surface area contributed by atoms with Crippen LogP contribution in [0.5, 0.6) is 5.75 Å². The number of hydrogen-bond donors (Lipinski definition) is 1. The highest BCUT2D eigenvalue weighted by molar-refractivity contribution is 7.92. The molecule has 0 saturated heterocycles. The van der Waals surface area contributed by atoms with Crippen LogP contribution in [0.3, 0.4) is 0 Å². The number of rotatable bonds is 5. The molecule has 1 amide bonds. The fourth-order valence-electron chi connectivity index (χ4n) is 3.60. The number of anilines is 2. The summed E-state index contributed by atoms with van der Waals surface area (Å²) in [6, 6.07) is 16.8. The van der Waals surface area contributed by atoms with E-state index < -0.39 is 15.8 Å². The number of carbonyl (C=O) groups excluding carboxylic acids is 1. The Hall–Kier alpha value is -3.39. The molecule has 160 valence electrons. The molecular formula is C23H21FN2O4S. The van der Waals surface area contributed by atoms with Crippen LogP contribution in [0, 0.1) is 5.82 Å². The number of nitrogens with zero attached hydrogens (tertiary/aromatic N) is 1. The van der Waals surface area contributed by atoms with Crippen LogP contribution in [-0.2, 0) is 16.4 Å². The van der Waals surface area contributed by atoms with Crippen LogP contribution in [0.4, 0.5) is 15.8 Å². The van der Waals surface area contributed by atoms with Gasteiger partial charge in [0.15, 0.2) is 0 Å². The van der Waals surface area contributed by atoms with Gasteiger partial charge in [0.1, 0.15) is 11.6 Å². The highest BCUT2D eigenvalue weighted by Gasteiger charge is 2.26. The lowest BCUT2D eigenvalue weighted by atomic mass is 10.0. The Morgan fingerprint density at radius 1 is 1.06 bits per heavy atom. The maximum Gasteiger partial charge on any atom is 0.261 e. The minimum absolute atomic E-state index is 0.116. The summed E-state index contributed by atoms with van der Waals surface area (Å²) < 4.78 is 46.7. The van der Waals surface area contributed by atoms with Crippen LogP contribution < -0.4 is 14.4 Å². The second-order valence-corrected chi connectivity index (χ2v) is 8.88. The summed E-state index contributed by atoms with van der Waals surface area (Å²) in [7, 11) is -2.31. The number of fused-ring (bicyclic) bond motifs is 1. The summed E-state index contributed by atoms with van der Waals surface area (Å²) in [5, 5.41) is 0. The zero-order valence-corrected chi connectivity index (χ0v) is 17.7. The van der Waals surface area contributed by atoms with E-state index in [-0.39, 0.29) is 10.8 Å². The molecule has 4 rings (SSSR count). The number of hydrogen-bond acceptors (Lipinski definition) is 4. The SMILES string of the molecule is COc1cccc(NS(=O)(=O)c2ccc3c(c2)CCCN3C(=O)c2ccc(F)cc2)c1. The predicted molar refractivity (Wildman–Crippen MR) is 117 cm³/mol. The zero-order chi connectivity index (χ0) is 22.0. The second kappa shape index (κ2) is 8.39. The minimum Gasteiger partial charge on any atom is -0.497 e. The first kappa shape index (κ1) is 20.9. The molecular weight excluding hydrogens is 419 g/mol. The summed E-state index contributed by atoms with van der Waals surface area (Å²) in [6.45, 7) is 0.511. The van der Waals surface area contributed by atoms with Gasteiger partial charge in [0.05, 0.1) is 17.7 Å². The van der Waals surface area contributed by atoms with E-state index in [2.05, 4.69) is 4.72 Å². The average Bonchev–Trinajstić information content (AvgIpc) is 2.78. The van der Waals surface area contributed by atoms with Gasteiger partial charge in [0.2, 0.25) is 0 Å². The van der Waals surface area contributed by atoms with Crippen molar-refractivity contribution in [1.82, 2.24) is 0 Å². The van der Waals surface area contributed by atoms with Gasteiger partial charge in [-0.1, -0.05) is 6.07 Å². The molecule has 8 heteroatoms. The summed E-state index contributed by atoms with van der Waals surface area (Å²) in [5.41, 5.74) is 2.21. The Labute approximate surface area is 180 Å². The molecule has 6 nitrogen and oxygen atoms in total. The maximum absolute atomic E-state index is 13.2. The highest BCUT2D eigenvalue weighted by Crippen LogP contribution is 2.31. The van der Waals surface area contributed by atoms with Crippen LogP contribution in [-0.4, -0.2) is 28.0 Å². The normalized spacial score (nSPS) is 13.4. The van der Waals surface area contributed by atoms with Crippen molar-refractivity contribution in [2.45, 2.75) is 17.7 Å². The Morgan fingerprint density at radius 3 is 2.58 bits per heavy atom. The molecule has 0 spiro atoms. The van der Waals surface area contributed by atoms with Gasteiger partial charge in [-0.2, -0.15) is 0 Å². The van der Waals surface area contributed by atoms with Gasteiger partial charge >= 0.3 is 0 Å². The molecule has 1 N–H and O–H groups in total. The Balaban J connectivity index is 1.61. The molecule has 0 bridgehead atoms. The molecule has 31 heavy (non-hydrogen) atoms. The largest absolute Gasteiger partial charge is 0.497 e. The molecule has 3 aromatic carbocycles. The lowest BCUT2D eigenvalue weighted by Gasteiger charge is -2.30. The van der Waals surface area contributed by atoms with Crippen LogP contribution in [0.15, 0.2) is 71.6 Å². The average molecular weight is 440 g/mol. The van der Waals surface area contributed by atoms with Gasteiger partial charge in [-0.25, -0.2) is 12.8 Å². The lowest BCUT2D eigenvalue weighted by Crippen LogP contribution is -2.35. The third-order valence-corrected chi connectivity index (χ3v) is 6.52. The van der Waals surface area contributed by atoms with Crippen LogP contribution >= 0.6 is 0 Å². The van der Waals surface area contributed by atoms with E-state index in [4.69, 9.17) is 4.74 Å². The first-order valence-corrected chi connectivity index (χ1v) is 11.2. The fraction of sp³-hybridized carbons (Fsp3) is 0.174. The number of benzene rings is 3. The maximum atomic E-state index is 13.2. The van der Waals surface area contributed by atoms with Gasteiger partial charge < -0.3 is 9.64 Å². The summed E-state index contributed by atoms with van der Waals surface area (Å²) >= 11 is 0. The van der Waals surface area contributed by atoms with Crippen LogP contribution in [0.1, 0.15) is 22.3 Å². The Bertz CT molecular complexity index is 1230. The van der Waals surface area contributed by atoms with Gasteiger partial charge in [0.25, 0.3) is 15.9 Å². The number of halogens is 1. The van der Waals surface area contributed by atoms with Gasteiger partial charge in [-0.05, 0) is 73.0 Å². The van der Waals surface area contributed by atoms with Crippen molar-refractivity contribution in [1.29, 1.82) is 0 Å². The number of amides is 1. The highest BCUT2D eigenvalue weighted by atomic mass is 32.2. The number of sulfonamides is 1. The molecule has 0 unspecified atom stereocenters. The van der Waals surface area contributed by atoms with E-state index in [0.29, 0.717) is 42.1 Å². The quantitative estimate of drug-likeness (QED) is 0.644. The van der Waals surface area contributed by atoms with Crippen molar-refractivity contribution in [3.63, 3.8) is 0 Å². The molecule has 0 radical (unpaired) electrons. The predicted octanol–water partition coefficient (Wildman–Crippen LogP) is 4.23. The summed E-state index contributed by atoms with van der Waals surface area (Å²) in [6.07, 6.45) is 1.36. The minimum atomic E-state index is -3.82. The van der Waals surface area contributed by atoms with E-state index in [1.807, 2.05) is 0 Å². The van der Waals surface area contributed by atoms with Crippen molar-refractivity contribution in [2.75, 3.05) is 23.3 Å². The summed E-state index contributed by atoms with van der Waals surface area (Å²) in [5.74, 6) is -0.111. The molecule has 3 aromatic rings. The number of ether oxygens (including phenoxy) is 1. The third kappa shape index (κ3) is 4.39. The topological polar surface area (TPSA) is 75.7 Å². The van der Waals surface area contributed by atoms with Crippen molar-refractivity contribution in [3.8, 4) is 5.75 Å². The lowest BCUT2D eigenvalue weighted by molar-refractivity contribution is 0.0985. The van der Waals surface area contributed by atoms with E-state index in [0.717, 1.165) is 5.56 Å². The molecule has 1 aliphatic heterocycles. The van der Waals surface area contributed by atoms with Crippen LogP contribution in [0.25, 0.3) is 0 Å². The molecule has 0 atom stereocenters. The Morgan fingerprint density at radius 2 is 1.84 bits per heavy atom. The first-order chi connectivity index (χ1) is 14.9. The van der Waals surface area contributed by atoms with Crippen molar-refractivity contribution in [2.24, 2.45) is 0 Å². The molecule has 0 saturated carbocycles. The molecule has 0 aromatic heterocycles. The second-order valence-electron chi connectivity index (χ2n) is 7.20. The molecule has 0 fully saturated rings. The van der Waals surface area contributed by atoms with Crippen LogP contribution in [0.2, 0.25) is 0 Å². The zero-order valence-electron chi connectivity index (χ0n) is 16.8. The number of aryl methyl sites for hydroxylation is 1. The smallest absolute Gasteiger partial charge is 0.261 e. The fourth-order valence-corrected chi connectivity index (χ4v) is 4.70. The van der Waals surface area contributed by atoms with E-state index in [1.54, 1.807) is 41.3 Å². The third-order valence-electron chi connectivity index (χ3n) is 5.14. The van der Waals surface area contributed by atoms with Gasteiger partial charge in [0, 0.05) is 23.9 Å². The summed E-state index contributed by atoms with van der Waals surface area (Å²) in [4.78, 5) is 14.6. The monoisotopic (exact) mass is 440 g/mol. The van der Waals surface area contributed by atoms with E-state index in [9.17, 15) is 17.6 Å². The Kier molecular flexibility index (Phi) is 5.65. The van der Waals surface area contributed by atoms with Gasteiger partial charge in [-0.3, -0.25) is 9.52 Å². The molecule has 1 heterocycles. The van der Waals surface area contributed by atoms with E-state index in [1.165, 1.54) is 37.4 Å². The van der Waals surface area contributed by atoms with Crippen molar-refractivity contribution in [3.05, 3.63) is 83.7 Å². The standard InChI is InChI=1S/C23H21FN2O4S/c1-30-20-6-2-5-19(15-20)25-31(28,29)21-11-12-22-17(14-21)4-3-13-26(22)23(27)16-7-9-18(24)10-8-16/h2,5-12,14-15,25H,3-4,13H2,1H3. The molecule has 1 aliphatic rings. The van der Waals surface area contributed by atoms with Crippen molar-refractivity contribution >= 4 is 27.3 Å². The number of nitrogens with one attached hydrogen (secondary N) is 1. The van der Waals surface area contributed by atoms with Crippen molar-refractivity contribution < 1.29 is 22.3 Å². The number of carbonyl (C=O) groups is 1. The van der Waals surface area contributed by atoms with E-state index >= 15 is 0 Å². The first-order valence-electron chi connectivity index (χ1n) is 9.74. The number of methoxy groups -OCH3 is 1.